The molecule has 0 spiro atoms. The van der Waals surface area contributed by atoms with Crippen LogP contribution in [0.5, 0.6) is 0 Å². The van der Waals surface area contributed by atoms with Crippen LogP contribution in [0.4, 0.5) is 27.4 Å². The molecule has 6 nitrogen and oxygen atoms in total. The number of anilines is 2. The molecule has 0 radical (unpaired) electrons. The average Bonchev–Trinajstić information content (AvgIpc) is 2.67. The standard InChI is InChI=1S/C10H11FN6/c1-13-10-8(9(12)16-17-10)15-14-7-4-2-3-6(11)5-7/h2-5H,1H3,(H4,12,13,16,17). The van der Waals surface area contributed by atoms with Gasteiger partial charge in [-0.05, 0) is 12.1 Å². The van der Waals surface area contributed by atoms with Crippen LogP contribution in [0.25, 0.3) is 0 Å². The average molecular weight is 234 g/mol. The molecule has 0 saturated carbocycles. The van der Waals surface area contributed by atoms with Crippen LogP contribution in [0.3, 0.4) is 0 Å². The Labute approximate surface area is 96.8 Å². The third-order valence-electron chi connectivity index (χ3n) is 2.08. The highest BCUT2D eigenvalue weighted by Crippen LogP contribution is 2.30. The summed E-state index contributed by atoms with van der Waals surface area (Å²) in [4.78, 5) is 0. The molecule has 0 atom stereocenters. The predicted molar refractivity (Wildman–Crippen MR) is 63.1 cm³/mol. The predicted octanol–water partition coefficient (Wildman–Crippen LogP) is 2.59. The van der Waals surface area contributed by atoms with Gasteiger partial charge in [-0.15, -0.1) is 5.11 Å². The topological polar surface area (TPSA) is 91.5 Å². The molecule has 7 heteroatoms. The highest BCUT2D eigenvalue weighted by atomic mass is 19.1. The molecule has 17 heavy (non-hydrogen) atoms. The Hall–Kier alpha value is -2.44. The number of aromatic amines is 1. The van der Waals surface area contributed by atoms with E-state index in [1.807, 2.05) is 0 Å². The lowest BCUT2D eigenvalue weighted by Gasteiger charge is -1.95. The van der Waals surface area contributed by atoms with Crippen LogP contribution in [-0.4, -0.2) is 17.2 Å². The van der Waals surface area contributed by atoms with E-state index in [9.17, 15) is 4.39 Å². The van der Waals surface area contributed by atoms with Crippen molar-refractivity contribution in [1.82, 2.24) is 10.2 Å². The molecule has 0 unspecified atom stereocenters. The van der Waals surface area contributed by atoms with Gasteiger partial charge >= 0.3 is 0 Å². The molecule has 2 aromatic rings. The third kappa shape index (κ3) is 2.39. The molecule has 0 aliphatic heterocycles. The molecule has 0 saturated heterocycles. The van der Waals surface area contributed by atoms with Crippen LogP contribution < -0.4 is 11.1 Å². The van der Waals surface area contributed by atoms with Crippen molar-refractivity contribution in [2.45, 2.75) is 0 Å². The summed E-state index contributed by atoms with van der Waals surface area (Å²) in [6.45, 7) is 0. The van der Waals surface area contributed by atoms with E-state index in [1.54, 1.807) is 19.2 Å². The third-order valence-corrected chi connectivity index (χ3v) is 2.08. The lowest BCUT2D eigenvalue weighted by molar-refractivity contribution is 0.628. The minimum Gasteiger partial charge on any atom is -0.382 e. The van der Waals surface area contributed by atoms with E-state index in [4.69, 9.17) is 5.73 Å². The summed E-state index contributed by atoms with van der Waals surface area (Å²) >= 11 is 0. The van der Waals surface area contributed by atoms with E-state index in [1.165, 1.54) is 12.1 Å². The number of halogens is 1. The van der Waals surface area contributed by atoms with Gasteiger partial charge in [-0.1, -0.05) is 6.07 Å². The second kappa shape index (κ2) is 4.60. The lowest BCUT2D eigenvalue weighted by atomic mass is 10.3. The Balaban J connectivity index is 2.28. The van der Waals surface area contributed by atoms with Crippen molar-refractivity contribution in [1.29, 1.82) is 0 Å². The van der Waals surface area contributed by atoms with Crippen molar-refractivity contribution in [3.63, 3.8) is 0 Å². The molecule has 88 valence electrons. The van der Waals surface area contributed by atoms with Gasteiger partial charge in [0.1, 0.15) is 11.6 Å². The maximum absolute atomic E-state index is 12.9. The number of aromatic nitrogens is 2. The fourth-order valence-corrected chi connectivity index (χ4v) is 1.27. The number of nitrogens with zero attached hydrogens (tertiary/aromatic N) is 3. The summed E-state index contributed by atoms with van der Waals surface area (Å²) in [6, 6.07) is 5.81. The van der Waals surface area contributed by atoms with Gasteiger partial charge in [0.15, 0.2) is 11.5 Å². The van der Waals surface area contributed by atoms with E-state index in [0.717, 1.165) is 0 Å². The quantitative estimate of drug-likeness (QED) is 0.713. The molecule has 1 aromatic carbocycles. The van der Waals surface area contributed by atoms with Crippen molar-refractivity contribution in [2.75, 3.05) is 18.1 Å². The van der Waals surface area contributed by atoms with E-state index >= 15 is 0 Å². The van der Waals surface area contributed by atoms with E-state index in [2.05, 4.69) is 25.7 Å². The van der Waals surface area contributed by atoms with Crippen molar-refractivity contribution >= 4 is 23.0 Å². The van der Waals surface area contributed by atoms with Gasteiger partial charge in [0.25, 0.3) is 0 Å². The number of benzene rings is 1. The van der Waals surface area contributed by atoms with Gasteiger partial charge in [-0.25, -0.2) is 4.39 Å². The molecule has 0 aliphatic carbocycles. The summed E-state index contributed by atoms with van der Waals surface area (Å²) in [5, 5.41) is 17.1. The number of rotatable bonds is 3. The summed E-state index contributed by atoms with van der Waals surface area (Å²) in [5.74, 6) is 0.424. The molecule has 0 aliphatic rings. The first-order valence-electron chi connectivity index (χ1n) is 4.89. The molecule has 0 fully saturated rings. The number of hydrogen-bond donors (Lipinski definition) is 3. The van der Waals surface area contributed by atoms with Gasteiger partial charge in [-0.3, -0.25) is 5.10 Å². The number of azo groups is 1. The van der Waals surface area contributed by atoms with Crippen LogP contribution in [-0.2, 0) is 0 Å². The highest BCUT2D eigenvalue weighted by molar-refractivity contribution is 5.72. The van der Waals surface area contributed by atoms with E-state index in [-0.39, 0.29) is 5.82 Å². The number of nitrogens with two attached hydrogens (primary N) is 1. The largest absolute Gasteiger partial charge is 0.382 e. The number of hydrogen-bond acceptors (Lipinski definition) is 5. The zero-order valence-corrected chi connectivity index (χ0v) is 9.11. The first-order valence-corrected chi connectivity index (χ1v) is 4.89. The molecule has 4 N–H and O–H groups in total. The van der Waals surface area contributed by atoms with Crippen LogP contribution in [0.15, 0.2) is 34.5 Å². The Bertz CT molecular complexity index is 547. The van der Waals surface area contributed by atoms with Gasteiger partial charge < -0.3 is 11.1 Å². The summed E-state index contributed by atoms with van der Waals surface area (Å²) in [6.07, 6.45) is 0. The smallest absolute Gasteiger partial charge is 0.177 e. The van der Waals surface area contributed by atoms with Gasteiger partial charge in [0, 0.05) is 13.1 Å². The SMILES string of the molecule is CNc1n[nH]c(N)c1N=Nc1cccc(F)c1. The normalized spacial score (nSPS) is 10.9. The Morgan fingerprint density at radius 3 is 2.94 bits per heavy atom. The van der Waals surface area contributed by atoms with Crippen LogP contribution in [0.2, 0.25) is 0 Å². The Kier molecular flexibility index (Phi) is 2.99. The minimum atomic E-state index is -0.365. The number of nitrogen functional groups attached to an aromatic ring is 1. The molecule has 0 amide bonds. The Morgan fingerprint density at radius 2 is 2.24 bits per heavy atom. The monoisotopic (exact) mass is 234 g/mol. The summed E-state index contributed by atoms with van der Waals surface area (Å²) < 4.78 is 12.9. The van der Waals surface area contributed by atoms with Crippen molar-refractivity contribution in [3.05, 3.63) is 30.1 Å². The summed E-state index contributed by atoms with van der Waals surface area (Å²) in [5.41, 5.74) is 6.43. The second-order valence-corrected chi connectivity index (χ2v) is 3.26. The maximum Gasteiger partial charge on any atom is 0.177 e. The summed E-state index contributed by atoms with van der Waals surface area (Å²) in [7, 11) is 1.69. The van der Waals surface area contributed by atoms with Gasteiger partial charge in [0.05, 0.1) is 5.69 Å². The highest BCUT2D eigenvalue weighted by Gasteiger charge is 2.08. The first-order chi connectivity index (χ1) is 8.20. The lowest BCUT2D eigenvalue weighted by Crippen LogP contribution is -1.87. The minimum absolute atomic E-state index is 0.300. The van der Waals surface area contributed by atoms with E-state index in [0.29, 0.717) is 23.0 Å². The zero-order chi connectivity index (χ0) is 12.3. The molecule has 0 bridgehead atoms. The molecule has 2 rings (SSSR count). The molecule has 1 heterocycles. The van der Waals surface area contributed by atoms with Gasteiger partial charge in [-0.2, -0.15) is 10.2 Å². The van der Waals surface area contributed by atoms with Crippen LogP contribution in [0.1, 0.15) is 0 Å². The van der Waals surface area contributed by atoms with Gasteiger partial charge in [0.2, 0.25) is 0 Å². The first kappa shape index (κ1) is 11.1. The Morgan fingerprint density at radius 1 is 1.41 bits per heavy atom. The molecular formula is C10H11FN6. The van der Waals surface area contributed by atoms with Crippen molar-refractivity contribution < 1.29 is 4.39 Å². The second-order valence-electron chi connectivity index (χ2n) is 3.26. The van der Waals surface area contributed by atoms with Crippen molar-refractivity contribution in [3.8, 4) is 0 Å². The molecule has 1 aromatic heterocycles. The van der Waals surface area contributed by atoms with Crippen LogP contribution in [0, 0.1) is 5.82 Å². The van der Waals surface area contributed by atoms with Crippen LogP contribution >= 0.6 is 0 Å². The maximum atomic E-state index is 12.9. The number of nitrogens with one attached hydrogen (secondary N) is 2. The van der Waals surface area contributed by atoms with Crippen molar-refractivity contribution in [2.24, 2.45) is 10.2 Å². The fraction of sp³-hybridized carbons (Fsp3) is 0.100. The zero-order valence-electron chi connectivity index (χ0n) is 9.11. The molecular weight excluding hydrogens is 223 g/mol. The number of H-pyrrole nitrogens is 1. The fourth-order valence-electron chi connectivity index (χ4n) is 1.27. The van der Waals surface area contributed by atoms with E-state index < -0.39 is 0 Å².